The Morgan fingerprint density at radius 3 is 2.71 bits per heavy atom. The molecule has 0 aliphatic carbocycles. The number of carbonyl (C=O) groups is 1. The molecule has 10 nitrogen and oxygen atoms in total. The number of aryl methyl sites for hydroxylation is 2. The van der Waals surface area contributed by atoms with Gasteiger partial charge in [-0.2, -0.15) is 9.57 Å². The fourth-order valence-electron chi connectivity index (χ4n) is 3.97. The molecule has 0 radical (unpaired) electrons. The average Bonchev–Trinajstić information content (AvgIpc) is 3.19. The second-order valence-corrected chi connectivity index (χ2v) is 10.00. The standard InChI is InChI=1S/C24H27N5O5S/c1-3-34-22-7-4-17(16-25)14-20(22)27-24(30)9-8-23-26-19-15-18(5-6-21(19)28(23)2)35(31,32)29-10-12-33-13-11-29/h4-7,14-15H,3,8-13H2,1-2H3,(H,27,30). The van der Waals surface area contributed by atoms with E-state index in [1.807, 2.05) is 18.5 Å². The van der Waals surface area contributed by atoms with Crippen LogP contribution >= 0.6 is 0 Å². The third-order valence-electron chi connectivity index (χ3n) is 5.81. The maximum absolute atomic E-state index is 13.0. The van der Waals surface area contributed by atoms with Gasteiger partial charge >= 0.3 is 0 Å². The molecule has 1 saturated heterocycles. The van der Waals surface area contributed by atoms with Crippen LogP contribution in [0.4, 0.5) is 5.69 Å². The van der Waals surface area contributed by atoms with Gasteiger partial charge in [-0.15, -0.1) is 0 Å². The number of nitriles is 1. The van der Waals surface area contributed by atoms with Crippen molar-refractivity contribution in [3.8, 4) is 11.8 Å². The smallest absolute Gasteiger partial charge is 0.243 e. The lowest BCUT2D eigenvalue weighted by Crippen LogP contribution is -2.40. The maximum atomic E-state index is 13.0. The predicted molar refractivity (Wildman–Crippen MR) is 130 cm³/mol. The molecule has 1 N–H and O–H groups in total. The van der Waals surface area contributed by atoms with Crippen molar-refractivity contribution in [1.82, 2.24) is 13.9 Å². The van der Waals surface area contributed by atoms with Gasteiger partial charge in [0.05, 0.1) is 53.1 Å². The quantitative estimate of drug-likeness (QED) is 0.506. The van der Waals surface area contributed by atoms with Crippen LogP contribution in [0.5, 0.6) is 5.75 Å². The molecular formula is C24H27N5O5S. The van der Waals surface area contributed by atoms with Crippen LogP contribution in [0, 0.1) is 11.3 Å². The number of aromatic nitrogens is 2. The van der Waals surface area contributed by atoms with Crippen LogP contribution in [-0.2, 0) is 33.0 Å². The number of nitrogens with zero attached hydrogens (tertiary/aromatic N) is 4. The van der Waals surface area contributed by atoms with Gasteiger partial charge in [-0.1, -0.05) is 0 Å². The zero-order valence-electron chi connectivity index (χ0n) is 19.7. The summed E-state index contributed by atoms with van der Waals surface area (Å²) in [4.78, 5) is 17.4. The summed E-state index contributed by atoms with van der Waals surface area (Å²) in [5.41, 5.74) is 2.19. The third-order valence-corrected chi connectivity index (χ3v) is 7.71. The number of anilines is 1. The number of sulfonamides is 1. The topological polar surface area (TPSA) is 127 Å². The summed E-state index contributed by atoms with van der Waals surface area (Å²) in [7, 11) is -1.79. The molecule has 0 saturated carbocycles. The summed E-state index contributed by atoms with van der Waals surface area (Å²) in [6, 6.07) is 11.8. The zero-order valence-corrected chi connectivity index (χ0v) is 20.5. The number of imidazole rings is 1. The van der Waals surface area contributed by atoms with Crippen LogP contribution in [0.25, 0.3) is 11.0 Å². The summed E-state index contributed by atoms with van der Waals surface area (Å²) in [5, 5.41) is 12.0. The van der Waals surface area contributed by atoms with E-state index in [1.165, 1.54) is 4.31 Å². The molecule has 0 atom stereocenters. The molecule has 1 aromatic heterocycles. The Morgan fingerprint density at radius 2 is 2.00 bits per heavy atom. The Morgan fingerprint density at radius 1 is 1.23 bits per heavy atom. The van der Waals surface area contributed by atoms with Crippen molar-refractivity contribution in [1.29, 1.82) is 5.26 Å². The summed E-state index contributed by atoms with van der Waals surface area (Å²) in [5.74, 6) is 0.909. The minimum atomic E-state index is -3.63. The molecule has 3 aromatic rings. The number of hydrogen-bond donors (Lipinski definition) is 1. The summed E-state index contributed by atoms with van der Waals surface area (Å²) < 4.78 is 40.0. The fraction of sp³-hybridized carbons (Fsp3) is 0.375. The summed E-state index contributed by atoms with van der Waals surface area (Å²) in [6.07, 6.45) is 0.503. The number of nitrogens with one attached hydrogen (secondary N) is 1. The minimum absolute atomic E-state index is 0.151. The largest absolute Gasteiger partial charge is 0.492 e. The molecule has 1 fully saturated rings. The zero-order chi connectivity index (χ0) is 25.0. The van der Waals surface area contributed by atoms with Crippen molar-refractivity contribution >= 4 is 32.7 Å². The average molecular weight is 498 g/mol. The Balaban J connectivity index is 1.49. The van der Waals surface area contributed by atoms with E-state index in [4.69, 9.17) is 14.7 Å². The van der Waals surface area contributed by atoms with E-state index in [9.17, 15) is 13.2 Å². The van der Waals surface area contributed by atoms with Crippen LogP contribution in [0.2, 0.25) is 0 Å². The molecule has 1 aliphatic heterocycles. The third kappa shape index (κ3) is 5.30. The van der Waals surface area contributed by atoms with E-state index in [1.54, 1.807) is 36.4 Å². The molecule has 1 aliphatic rings. The Hall–Kier alpha value is -3.46. The highest BCUT2D eigenvalue weighted by molar-refractivity contribution is 7.89. The van der Waals surface area contributed by atoms with Crippen molar-refractivity contribution in [2.24, 2.45) is 7.05 Å². The van der Waals surface area contributed by atoms with Gasteiger partial charge in [0, 0.05) is 33.0 Å². The monoisotopic (exact) mass is 497 g/mol. The first kappa shape index (κ1) is 24.7. The van der Waals surface area contributed by atoms with Gasteiger partial charge in [-0.05, 0) is 43.3 Å². The molecule has 0 spiro atoms. The summed E-state index contributed by atoms with van der Waals surface area (Å²) in [6.45, 7) is 3.68. The minimum Gasteiger partial charge on any atom is -0.492 e. The summed E-state index contributed by atoms with van der Waals surface area (Å²) >= 11 is 0. The van der Waals surface area contributed by atoms with Crippen molar-refractivity contribution in [3.05, 3.63) is 47.8 Å². The van der Waals surface area contributed by atoms with Gasteiger partial charge in [0.2, 0.25) is 15.9 Å². The van der Waals surface area contributed by atoms with Gasteiger partial charge in [0.15, 0.2) is 0 Å². The molecule has 2 aromatic carbocycles. The number of rotatable bonds is 8. The van der Waals surface area contributed by atoms with Crippen LogP contribution < -0.4 is 10.1 Å². The Labute approximate surface area is 204 Å². The first-order valence-electron chi connectivity index (χ1n) is 11.3. The molecule has 11 heteroatoms. The van der Waals surface area contributed by atoms with Crippen molar-refractivity contribution in [2.45, 2.75) is 24.7 Å². The van der Waals surface area contributed by atoms with E-state index in [0.29, 0.717) is 67.7 Å². The number of morpholine rings is 1. The molecule has 0 unspecified atom stereocenters. The second kappa shape index (κ2) is 10.4. The van der Waals surface area contributed by atoms with E-state index in [-0.39, 0.29) is 17.2 Å². The predicted octanol–water partition coefficient (Wildman–Crippen LogP) is 2.44. The number of amides is 1. The number of fused-ring (bicyclic) bond motifs is 1. The van der Waals surface area contributed by atoms with E-state index < -0.39 is 10.0 Å². The van der Waals surface area contributed by atoms with Gasteiger partial charge in [-0.3, -0.25) is 4.79 Å². The van der Waals surface area contributed by atoms with Crippen molar-refractivity contribution in [3.63, 3.8) is 0 Å². The molecule has 2 heterocycles. The van der Waals surface area contributed by atoms with Crippen molar-refractivity contribution < 1.29 is 22.7 Å². The highest BCUT2D eigenvalue weighted by Gasteiger charge is 2.27. The Kier molecular flexibility index (Phi) is 7.35. The number of ether oxygens (including phenoxy) is 2. The second-order valence-electron chi connectivity index (χ2n) is 8.06. The molecule has 184 valence electrons. The number of benzene rings is 2. The van der Waals surface area contributed by atoms with Crippen LogP contribution in [0.3, 0.4) is 0 Å². The SMILES string of the molecule is CCOc1ccc(C#N)cc1NC(=O)CCc1nc2cc(S(=O)(=O)N3CCOCC3)ccc2n1C. The van der Waals surface area contributed by atoms with Crippen molar-refractivity contribution in [2.75, 3.05) is 38.2 Å². The first-order valence-corrected chi connectivity index (χ1v) is 12.8. The molecular weight excluding hydrogens is 470 g/mol. The molecule has 0 bridgehead atoms. The van der Waals surface area contributed by atoms with Crippen LogP contribution in [0.15, 0.2) is 41.3 Å². The van der Waals surface area contributed by atoms with Gasteiger partial charge in [-0.25, -0.2) is 13.4 Å². The molecule has 1 amide bonds. The lowest BCUT2D eigenvalue weighted by atomic mass is 10.2. The van der Waals surface area contributed by atoms with E-state index >= 15 is 0 Å². The maximum Gasteiger partial charge on any atom is 0.243 e. The highest BCUT2D eigenvalue weighted by atomic mass is 32.2. The van der Waals surface area contributed by atoms with Gasteiger partial charge in [0.25, 0.3) is 0 Å². The lowest BCUT2D eigenvalue weighted by molar-refractivity contribution is -0.116. The Bertz CT molecular complexity index is 1390. The number of carbonyl (C=O) groups excluding carboxylic acids is 1. The fourth-order valence-corrected chi connectivity index (χ4v) is 5.39. The van der Waals surface area contributed by atoms with Crippen LogP contribution in [0.1, 0.15) is 24.7 Å². The molecule has 4 rings (SSSR count). The van der Waals surface area contributed by atoms with E-state index in [2.05, 4.69) is 16.4 Å². The highest BCUT2D eigenvalue weighted by Crippen LogP contribution is 2.27. The normalized spacial score (nSPS) is 14.5. The van der Waals surface area contributed by atoms with Gasteiger partial charge in [0.1, 0.15) is 11.6 Å². The van der Waals surface area contributed by atoms with E-state index in [0.717, 1.165) is 5.52 Å². The lowest BCUT2D eigenvalue weighted by Gasteiger charge is -2.26. The molecule has 35 heavy (non-hydrogen) atoms. The van der Waals surface area contributed by atoms with Crippen LogP contribution in [-0.4, -0.2) is 61.1 Å². The number of hydrogen-bond acceptors (Lipinski definition) is 7. The van der Waals surface area contributed by atoms with Gasteiger partial charge < -0.3 is 19.4 Å². The first-order chi connectivity index (χ1) is 16.8.